The van der Waals surface area contributed by atoms with Crippen LogP contribution in [-0.4, -0.2) is 40.4 Å². The molecule has 2 heterocycles. The Morgan fingerprint density at radius 2 is 2.04 bits per heavy atom. The van der Waals surface area contributed by atoms with Gasteiger partial charge in [0, 0.05) is 49.2 Å². The van der Waals surface area contributed by atoms with E-state index < -0.39 is 0 Å². The Bertz CT molecular complexity index is 709. The molecule has 24 heavy (non-hydrogen) atoms. The van der Waals surface area contributed by atoms with Gasteiger partial charge in [-0.25, -0.2) is 4.98 Å². The second kappa shape index (κ2) is 7.93. The molecule has 126 valence electrons. The van der Waals surface area contributed by atoms with Crippen LogP contribution in [0.3, 0.4) is 0 Å². The van der Waals surface area contributed by atoms with Crippen LogP contribution < -0.4 is 4.90 Å². The number of nitrogens with zero attached hydrogens (tertiary/aromatic N) is 5. The molecule has 1 aromatic heterocycles. The van der Waals surface area contributed by atoms with E-state index in [-0.39, 0.29) is 6.04 Å². The van der Waals surface area contributed by atoms with Gasteiger partial charge >= 0.3 is 0 Å². The molecule has 0 radical (unpaired) electrons. The summed E-state index contributed by atoms with van der Waals surface area (Å²) in [6.45, 7) is 5.62. The van der Waals surface area contributed by atoms with Crippen LogP contribution in [-0.2, 0) is 6.42 Å². The predicted molar refractivity (Wildman–Crippen MR) is 97.5 cm³/mol. The third kappa shape index (κ3) is 3.86. The number of aromatic nitrogens is 2. The first-order valence-corrected chi connectivity index (χ1v) is 9.33. The Balaban J connectivity index is 1.69. The van der Waals surface area contributed by atoms with E-state index in [2.05, 4.69) is 32.2 Å². The van der Waals surface area contributed by atoms with Gasteiger partial charge in [-0.2, -0.15) is 9.64 Å². The Morgan fingerprint density at radius 3 is 2.71 bits per heavy atom. The Labute approximate surface area is 151 Å². The van der Waals surface area contributed by atoms with E-state index in [1.807, 2.05) is 24.3 Å². The molecule has 3 rings (SSSR count). The normalized spacial score (nSPS) is 17.3. The maximum atomic E-state index is 9.65. The third-order valence-electron chi connectivity index (χ3n) is 4.25. The van der Waals surface area contributed by atoms with Crippen LogP contribution in [0.4, 0.5) is 5.13 Å². The standard InChI is InChI=1S/C17H20ClN5S/c1-2-16-20-17(24-21-16)23-9-3-8-22(10-11-23)15(12-19)13-4-6-14(18)7-5-13/h4-7,15H,2-3,8-11H2,1H3/t15-/m1/s1. The van der Waals surface area contributed by atoms with E-state index in [1.54, 1.807) is 0 Å². The average Bonchev–Trinajstić information content (AvgIpc) is 2.96. The molecule has 0 bridgehead atoms. The van der Waals surface area contributed by atoms with Crippen LogP contribution in [0.1, 0.15) is 30.8 Å². The Morgan fingerprint density at radius 1 is 1.25 bits per heavy atom. The highest BCUT2D eigenvalue weighted by Crippen LogP contribution is 2.25. The lowest BCUT2D eigenvalue weighted by atomic mass is 10.1. The molecule has 0 saturated carbocycles. The monoisotopic (exact) mass is 361 g/mol. The smallest absolute Gasteiger partial charge is 0.205 e. The largest absolute Gasteiger partial charge is 0.346 e. The SMILES string of the molecule is CCc1nsc(N2CCCN([C@H](C#N)c3ccc(Cl)cc3)CC2)n1. The van der Waals surface area contributed by atoms with Gasteiger partial charge in [0.1, 0.15) is 11.9 Å². The van der Waals surface area contributed by atoms with Gasteiger partial charge in [-0.1, -0.05) is 30.7 Å². The molecule has 0 aliphatic carbocycles. The molecular formula is C17H20ClN5S. The maximum absolute atomic E-state index is 9.65. The fourth-order valence-corrected chi connectivity index (χ4v) is 3.84. The molecule has 0 unspecified atom stereocenters. The Kier molecular flexibility index (Phi) is 5.67. The highest BCUT2D eigenvalue weighted by Gasteiger charge is 2.24. The molecular weight excluding hydrogens is 342 g/mol. The Hall–Kier alpha value is -1.68. The fourth-order valence-electron chi connectivity index (χ4n) is 2.92. The van der Waals surface area contributed by atoms with Gasteiger partial charge in [-0.3, -0.25) is 4.90 Å². The summed E-state index contributed by atoms with van der Waals surface area (Å²) in [5.41, 5.74) is 1.000. The van der Waals surface area contributed by atoms with Crippen LogP contribution in [0.25, 0.3) is 0 Å². The maximum Gasteiger partial charge on any atom is 0.205 e. The zero-order chi connectivity index (χ0) is 16.9. The van der Waals surface area contributed by atoms with Crippen molar-refractivity contribution in [3.63, 3.8) is 0 Å². The number of halogens is 1. The van der Waals surface area contributed by atoms with Crippen molar-refractivity contribution in [2.45, 2.75) is 25.8 Å². The number of rotatable bonds is 4. The topological polar surface area (TPSA) is 56.1 Å². The zero-order valence-electron chi connectivity index (χ0n) is 13.7. The molecule has 5 nitrogen and oxygen atoms in total. The molecule has 1 saturated heterocycles. The average molecular weight is 362 g/mol. The first-order chi connectivity index (χ1) is 11.7. The van der Waals surface area contributed by atoms with Crippen LogP contribution in [0.5, 0.6) is 0 Å². The van der Waals surface area contributed by atoms with Crippen molar-refractivity contribution >= 4 is 28.3 Å². The van der Waals surface area contributed by atoms with Gasteiger partial charge in [0.05, 0.1) is 6.07 Å². The summed E-state index contributed by atoms with van der Waals surface area (Å²) in [6.07, 6.45) is 1.87. The lowest BCUT2D eigenvalue weighted by molar-refractivity contribution is 0.253. The molecule has 1 aliphatic heterocycles. The van der Waals surface area contributed by atoms with Crippen molar-refractivity contribution in [1.29, 1.82) is 5.26 Å². The van der Waals surface area contributed by atoms with E-state index in [0.29, 0.717) is 5.02 Å². The molecule has 2 aromatic rings. The summed E-state index contributed by atoms with van der Waals surface area (Å²) < 4.78 is 4.38. The van der Waals surface area contributed by atoms with Crippen molar-refractivity contribution in [2.75, 3.05) is 31.1 Å². The summed E-state index contributed by atoms with van der Waals surface area (Å²) >= 11 is 7.43. The fraction of sp³-hybridized carbons (Fsp3) is 0.471. The van der Waals surface area contributed by atoms with Gasteiger partial charge in [0.25, 0.3) is 0 Å². The van der Waals surface area contributed by atoms with Gasteiger partial charge < -0.3 is 4.90 Å². The molecule has 1 fully saturated rings. The zero-order valence-corrected chi connectivity index (χ0v) is 15.2. The van der Waals surface area contributed by atoms with E-state index in [9.17, 15) is 5.26 Å². The minimum Gasteiger partial charge on any atom is -0.346 e. The van der Waals surface area contributed by atoms with Crippen molar-refractivity contribution in [1.82, 2.24) is 14.3 Å². The van der Waals surface area contributed by atoms with Crippen LogP contribution in [0, 0.1) is 11.3 Å². The van der Waals surface area contributed by atoms with Crippen molar-refractivity contribution in [3.05, 3.63) is 40.7 Å². The molecule has 7 heteroatoms. The summed E-state index contributed by atoms with van der Waals surface area (Å²) in [4.78, 5) is 9.11. The predicted octanol–water partition coefficient (Wildman–Crippen LogP) is 3.53. The van der Waals surface area contributed by atoms with Gasteiger partial charge in [0.2, 0.25) is 5.13 Å². The minimum atomic E-state index is -0.233. The van der Waals surface area contributed by atoms with Crippen LogP contribution in [0.15, 0.2) is 24.3 Å². The summed E-state index contributed by atoms with van der Waals surface area (Å²) in [5.74, 6) is 0.909. The highest BCUT2D eigenvalue weighted by molar-refractivity contribution is 7.09. The first-order valence-electron chi connectivity index (χ1n) is 8.18. The minimum absolute atomic E-state index is 0.233. The number of hydrogen-bond acceptors (Lipinski definition) is 6. The summed E-state index contributed by atoms with van der Waals surface area (Å²) in [7, 11) is 0. The molecule has 1 aliphatic rings. The number of anilines is 1. The molecule has 0 spiro atoms. The second-order valence-corrected chi connectivity index (χ2v) is 6.97. The second-order valence-electron chi connectivity index (χ2n) is 5.81. The molecule has 1 atom stereocenters. The van der Waals surface area contributed by atoms with Crippen LogP contribution >= 0.6 is 23.1 Å². The molecule has 1 aromatic carbocycles. The van der Waals surface area contributed by atoms with E-state index >= 15 is 0 Å². The number of benzene rings is 1. The lowest BCUT2D eigenvalue weighted by Gasteiger charge is -2.26. The van der Waals surface area contributed by atoms with E-state index in [0.717, 1.165) is 55.5 Å². The highest BCUT2D eigenvalue weighted by atomic mass is 35.5. The van der Waals surface area contributed by atoms with Crippen molar-refractivity contribution in [2.24, 2.45) is 0 Å². The third-order valence-corrected chi connectivity index (χ3v) is 5.31. The number of aryl methyl sites for hydroxylation is 1. The van der Waals surface area contributed by atoms with Gasteiger partial charge in [-0.05, 0) is 24.1 Å². The van der Waals surface area contributed by atoms with Gasteiger partial charge in [-0.15, -0.1) is 0 Å². The molecule has 0 N–H and O–H groups in total. The summed E-state index contributed by atoms with van der Waals surface area (Å²) in [5, 5.41) is 11.3. The molecule has 0 amide bonds. The number of nitriles is 1. The summed E-state index contributed by atoms with van der Waals surface area (Å²) in [6, 6.07) is 9.78. The quantitative estimate of drug-likeness (QED) is 0.833. The van der Waals surface area contributed by atoms with Crippen LogP contribution in [0.2, 0.25) is 5.02 Å². The van der Waals surface area contributed by atoms with E-state index in [1.165, 1.54) is 11.5 Å². The first kappa shape index (κ1) is 17.2. The van der Waals surface area contributed by atoms with E-state index in [4.69, 9.17) is 11.6 Å². The number of hydrogen-bond donors (Lipinski definition) is 0. The van der Waals surface area contributed by atoms with Gasteiger partial charge in [0.15, 0.2) is 0 Å². The van der Waals surface area contributed by atoms with Crippen molar-refractivity contribution in [3.8, 4) is 6.07 Å². The lowest BCUT2D eigenvalue weighted by Crippen LogP contribution is -2.33. The van der Waals surface area contributed by atoms with Crippen molar-refractivity contribution < 1.29 is 0 Å².